The molecule has 6 heteroatoms. The first-order chi connectivity index (χ1) is 7.11. The molecule has 0 aromatic carbocycles. The quantitative estimate of drug-likeness (QED) is 0.594. The van der Waals surface area contributed by atoms with Crippen LogP contribution in [0.3, 0.4) is 0 Å². The minimum atomic E-state index is -1.15. The van der Waals surface area contributed by atoms with E-state index in [1.165, 1.54) is 25.5 Å². The first-order valence-electron chi connectivity index (χ1n) is 4.47. The Morgan fingerprint density at radius 2 is 2.27 bits per heavy atom. The van der Waals surface area contributed by atoms with E-state index in [9.17, 15) is 15.0 Å². The van der Waals surface area contributed by atoms with Gasteiger partial charge in [0.05, 0.1) is 11.9 Å². The number of aliphatic hydroxyl groups excluding tert-OH is 2. The van der Waals surface area contributed by atoms with Gasteiger partial charge >= 0.3 is 0 Å². The standard InChI is InChI=1S/C9H13N3O3/c1-6(13)12-5-8(14)9(15)7-4-10-2-3-11-7/h2-4,8-9,14-15H,5H2,1H3,(H,12,13). The number of nitrogens with one attached hydrogen (secondary N) is 1. The van der Waals surface area contributed by atoms with Gasteiger partial charge in [0.1, 0.15) is 12.2 Å². The Hall–Kier alpha value is -1.53. The summed E-state index contributed by atoms with van der Waals surface area (Å²) in [5.74, 6) is -0.264. The summed E-state index contributed by atoms with van der Waals surface area (Å²) in [5.41, 5.74) is 0.273. The zero-order chi connectivity index (χ0) is 11.3. The van der Waals surface area contributed by atoms with Crippen molar-refractivity contribution >= 4 is 5.91 Å². The number of hydrogen-bond acceptors (Lipinski definition) is 5. The summed E-state index contributed by atoms with van der Waals surface area (Å²) in [5, 5.41) is 21.5. The highest BCUT2D eigenvalue weighted by Crippen LogP contribution is 2.11. The molecule has 82 valence electrons. The van der Waals surface area contributed by atoms with Crippen LogP contribution in [-0.2, 0) is 4.79 Å². The molecule has 0 spiro atoms. The summed E-state index contributed by atoms with van der Waals surface area (Å²) >= 11 is 0. The van der Waals surface area contributed by atoms with Gasteiger partial charge in [0.15, 0.2) is 0 Å². The zero-order valence-corrected chi connectivity index (χ0v) is 8.29. The van der Waals surface area contributed by atoms with E-state index in [1.807, 2.05) is 0 Å². The molecule has 6 nitrogen and oxygen atoms in total. The van der Waals surface area contributed by atoms with Crippen molar-refractivity contribution in [2.24, 2.45) is 0 Å². The number of hydrogen-bond donors (Lipinski definition) is 3. The fraction of sp³-hybridized carbons (Fsp3) is 0.444. The molecule has 15 heavy (non-hydrogen) atoms. The Kier molecular flexibility index (Phi) is 4.14. The van der Waals surface area contributed by atoms with Crippen LogP contribution < -0.4 is 5.32 Å². The average Bonchev–Trinajstić information content (AvgIpc) is 2.26. The molecule has 0 aliphatic heterocycles. The van der Waals surface area contributed by atoms with Gasteiger partial charge in [-0.1, -0.05) is 0 Å². The Balaban J connectivity index is 2.53. The molecule has 0 aliphatic carbocycles. The topological polar surface area (TPSA) is 95.3 Å². The molecule has 1 rings (SSSR count). The number of amides is 1. The summed E-state index contributed by atoms with van der Waals surface area (Å²) in [4.78, 5) is 18.2. The predicted octanol–water partition coefficient (Wildman–Crippen LogP) is -0.993. The van der Waals surface area contributed by atoms with Crippen LogP contribution in [0.15, 0.2) is 18.6 Å². The van der Waals surface area contributed by atoms with Gasteiger partial charge in [-0.05, 0) is 0 Å². The summed E-state index contributed by atoms with van der Waals surface area (Å²) in [6, 6.07) is 0. The minimum Gasteiger partial charge on any atom is -0.388 e. The van der Waals surface area contributed by atoms with Crippen molar-refractivity contribution in [3.05, 3.63) is 24.3 Å². The van der Waals surface area contributed by atoms with Crippen molar-refractivity contribution in [1.29, 1.82) is 0 Å². The molecule has 1 aromatic heterocycles. The molecular formula is C9H13N3O3. The molecular weight excluding hydrogens is 198 g/mol. The number of rotatable bonds is 4. The molecule has 2 unspecified atom stereocenters. The second-order valence-corrected chi connectivity index (χ2v) is 3.08. The highest BCUT2D eigenvalue weighted by Gasteiger charge is 2.19. The third-order valence-corrected chi connectivity index (χ3v) is 1.81. The first-order valence-corrected chi connectivity index (χ1v) is 4.47. The highest BCUT2D eigenvalue weighted by molar-refractivity contribution is 5.72. The van der Waals surface area contributed by atoms with Crippen LogP contribution >= 0.6 is 0 Å². The molecule has 0 aliphatic rings. The molecule has 0 bridgehead atoms. The van der Waals surface area contributed by atoms with Crippen molar-refractivity contribution in [2.45, 2.75) is 19.1 Å². The van der Waals surface area contributed by atoms with Gasteiger partial charge in [-0.2, -0.15) is 0 Å². The lowest BCUT2D eigenvalue weighted by Crippen LogP contribution is -2.34. The third kappa shape index (κ3) is 3.61. The highest BCUT2D eigenvalue weighted by atomic mass is 16.3. The second kappa shape index (κ2) is 5.38. The summed E-state index contributed by atoms with van der Waals surface area (Å²) < 4.78 is 0. The van der Waals surface area contributed by atoms with Gasteiger partial charge < -0.3 is 15.5 Å². The van der Waals surface area contributed by atoms with E-state index >= 15 is 0 Å². The van der Waals surface area contributed by atoms with Gasteiger partial charge in [0.2, 0.25) is 5.91 Å². The smallest absolute Gasteiger partial charge is 0.216 e. The van der Waals surface area contributed by atoms with Crippen molar-refractivity contribution in [3.8, 4) is 0 Å². The molecule has 0 saturated heterocycles. The number of aliphatic hydroxyl groups is 2. The summed E-state index contributed by atoms with van der Waals surface area (Å²) in [6.45, 7) is 1.31. The molecule has 1 amide bonds. The lowest BCUT2D eigenvalue weighted by molar-refractivity contribution is -0.119. The van der Waals surface area contributed by atoms with Crippen molar-refractivity contribution in [2.75, 3.05) is 6.54 Å². The van der Waals surface area contributed by atoms with Crippen LogP contribution in [0.5, 0.6) is 0 Å². The van der Waals surface area contributed by atoms with Crippen LogP contribution in [0.1, 0.15) is 18.7 Å². The van der Waals surface area contributed by atoms with E-state index in [2.05, 4.69) is 15.3 Å². The Bertz CT molecular complexity index is 318. The maximum absolute atomic E-state index is 10.6. The fourth-order valence-electron chi connectivity index (χ4n) is 1.02. The summed E-state index contributed by atoms with van der Waals surface area (Å²) in [6.07, 6.45) is 2.01. The molecule has 0 saturated carbocycles. The maximum Gasteiger partial charge on any atom is 0.216 e. The van der Waals surface area contributed by atoms with E-state index in [0.29, 0.717) is 0 Å². The number of carbonyl (C=O) groups is 1. The van der Waals surface area contributed by atoms with E-state index in [1.54, 1.807) is 0 Å². The van der Waals surface area contributed by atoms with E-state index in [-0.39, 0.29) is 18.1 Å². The number of aromatic nitrogens is 2. The second-order valence-electron chi connectivity index (χ2n) is 3.08. The van der Waals surface area contributed by atoms with Gasteiger partial charge in [-0.25, -0.2) is 0 Å². The van der Waals surface area contributed by atoms with E-state index in [0.717, 1.165) is 0 Å². The van der Waals surface area contributed by atoms with Gasteiger partial charge in [0.25, 0.3) is 0 Å². The normalized spacial score (nSPS) is 14.3. The zero-order valence-electron chi connectivity index (χ0n) is 8.29. The molecule has 3 N–H and O–H groups in total. The minimum absolute atomic E-state index is 0.0208. The van der Waals surface area contributed by atoms with Crippen molar-refractivity contribution in [1.82, 2.24) is 15.3 Å². The van der Waals surface area contributed by atoms with E-state index in [4.69, 9.17) is 0 Å². The molecule has 1 aromatic rings. The fourth-order valence-corrected chi connectivity index (χ4v) is 1.02. The van der Waals surface area contributed by atoms with Crippen molar-refractivity contribution in [3.63, 3.8) is 0 Å². The Morgan fingerprint density at radius 3 is 2.80 bits per heavy atom. The number of carbonyl (C=O) groups excluding carboxylic acids is 1. The Labute approximate surface area is 87.0 Å². The van der Waals surface area contributed by atoms with Gasteiger partial charge in [-0.15, -0.1) is 0 Å². The summed E-state index contributed by atoms with van der Waals surface area (Å²) in [7, 11) is 0. The van der Waals surface area contributed by atoms with Crippen LogP contribution in [-0.4, -0.2) is 38.7 Å². The number of nitrogens with zero attached hydrogens (tertiary/aromatic N) is 2. The van der Waals surface area contributed by atoms with Gasteiger partial charge in [0, 0.05) is 25.9 Å². The average molecular weight is 211 g/mol. The lowest BCUT2D eigenvalue weighted by Gasteiger charge is -2.16. The largest absolute Gasteiger partial charge is 0.388 e. The maximum atomic E-state index is 10.6. The lowest BCUT2D eigenvalue weighted by atomic mass is 10.1. The van der Waals surface area contributed by atoms with Crippen LogP contribution in [0.25, 0.3) is 0 Å². The third-order valence-electron chi connectivity index (χ3n) is 1.81. The molecule has 0 fully saturated rings. The first kappa shape index (κ1) is 11.5. The van der Waals surface area contributed by atoms with E-state index < -0.39 is 12.2 Å². The molecule has 0 radical (unpaired) electrons. The van der Waals surface area contributed by atoms with Crippen LogP contribution in [0.2, 0.25) is 0 Å². The van der Waals surface area contributed by atoms with Crippen molar-refractivity contribution < 1.29 is 15.0 Å². The monoisotopic (exact) mass is 211 g/mol. The molecule has 1 heterocycles. The van der Waals surface area contributed by atoms with Gasteiger partial charge in [-0.3, -0.25) is 14.8 Å². The van der Waals surface area contributed by atoms with Crippen LogP contribution in [0.4, 0.5) is 0 Å². The van der Waals surface area contributed by atoms with Crippen LogP contribution in [0, 0.1) is 0 Å². The SMILES string of the molecule is CC(=O)NCC(O)C(O)c1cnccn1. The predicted molar refractivity (Wildman–Crippen MR) is 51.7 cm³/mol. The molecule has 2 atom stereocenters. The Morgan fingerprint density at radius 1 is 1.53 bits per heavy atom.